The molecule has 0 saturated heterocycles. The number of ether oxygens (including phenoxy) is 3. The van der Waals surface area contributed by atoms with Crippen LogP contribution in [0.25, 0.3) is 6.08 Å². The van der Waals surface area contributed by atoms with Crippen molar-refractivity contribution in [2.24, 2.45) is 0 Å². The maximum Gasteiger partial charge on any atom is 0.231 e. The first-order valence-corrected chi connectivity index (χ1v) is 6.60. The minimum absolute atomic E-state index is 0.172. The highest BCUT2D eigenvalue weighted by Crippen LogP contribution is 2.37. The van der Waals surface area contributed by atoms with Crippen LogP contribution in [0.5, 0.6) is 17.2 Å². The van der Waals surface area contributed by atoms with Crippen LogP contribution in [0.3, 0.4) is 0 Å². The number of rotatable bonds is 5. The fourth-order valence-electron chi connectivity index (χ4n) is 2.04. The molecule has 4 heteroatoms. The topological polar surface area (TPSA) is 44.8 Å². The highest BCUT2D eigenvalue weighted by Gasteiger charge is 2.17. The third-order valence-electron chi connectivity index (χ3n) is 3.08. The Morgan fingerprint density at radius 1 is 1.10 bits per heavy atom. The Morgan fingerprint density at radius 2 is 1.86 bits per heavy atom. The molecule has 0 aromatic heterocycles. The monoisotopic (exact) mass is 282 g/mol. The summed E-state index contributed by atoms with van der Waals surface area (Å²) in [5.74, 6) is 1.67. The summed E-state index contributed by atoms with van der Waals surface area (Å²) >= 11 is 0. The van der Waals surface area contributed by atoms with E-state index < -0.39 is 0 Å². The first-order valence-electron chi connectivity index (χ1n) is 6.60. The van der Waals surface area contributed by atoms with Gasteiger partial charge in [0.2, 0.25) is 6.79 Å². The molecule has 0 amide bonds. The van der Waals surface area contributed by atoms with E-state index in [4.69, 9.17) is 14.2 Å². The predicted octanol–water partition coefficient (Wildman–Crippen LogP) is 3.32. The van der Waals surface area contributed by atoms with E-state index in [1.54, 1.807) is 12.1 Å². The summed E-state index contributed by atoms with van der Waals surface area (Å²) < 4.78 is 16.1. The number of carbonyl (C=O) groups excluding carboxylic acids is 1. The number of benzene rings is 2. The zero-order chi connectivity index (χ0) is 14.5. The van der Waals surface area contributed by atoms with Crippen molar-refractivity contribution in [3.8, 4) is 17.2 Å². The smallest absolute Gasteiger partial charge is 0.231 e. The lowest BCUT2D eigenvalue weighted by molar-refractivity contribution is 0.111. The Hall–Kier alpha value is -2.75. The molecule has 0 unspecified atom stereocenters. The third kappa shape index (κ3) is 3.05. The minimum Gasteiger partial charge on any atom is -0.489 e. The van der Waals surface area contributed by atoms with Gasteiger partial charge in [0.05, 0.1) is 5.56 Å². The Bertz CT molecular complexity index is 662. The second-order valence-corrected chi connectivity index (χ2v) is 4.49. The molecule has 4 nitrogen and oxygen atoms in total. The molecule has 0 bridgehead atoms. The molecule has 0 aliphatic carbocycles. The maximum atomic E-state index is 11.1. The molecule has 1 aliphatic rings. The largest absolute Gasteiger partial charge is 0.489 e. The zero-order valence-electron chi connectivity index (χ0n) is 11.3. The van der Waals surface area contributed by atoms with Gasteiger partial charge in [-0.05, 0) is 17.7 Å². The van der Waals surface area contributed by atoms with Crippen LogP contribution in [0, 0.1) is 0 Å². The molecule has 0 spiro atoms. The van der Waals surface area contributed by atoms with Crippen LogP contribution in [0.1, 0.15) is 15.9 Å². The van der Waals surface area contributed by atoms with Gasteiger partial charge < -0.3 is 14.2 Å². The lowest BCUT2D eigenvalue weighted by Crippen LogP contribution is -1.97. The van der Waals surface area contributed by atoms with Crippen LogP contribution in [-0.2, 0) is 0 Å². The standard InChI is InChI=1S/C17H14O4/c18-11-14-9-16-17(21-12-20-16)10-15(14)19-8-4-7-13-5-2-1-3-6-13/h1-7,9-11H,8,12H2. The quantitative estimate of drug-likeness (QED) is 0.789. The van der Waals surface area contributed by atoms with Gasteiger partial charge in [0.15, 0.2) is 17.8 Å². The third-order valence-corrected chi connectivity index (χ3v) is 3.08. The Morgan fingerprint density at radius 3 is 2.62 bits per heavy atom. The fraction of sp³-hybridized carbons (Fsp3) is 0.118. The maximum absolute atomic E-state index is 11.1. The molecule has 21 heavy (non-hydrogen) atoms. The van der Waals surface area contributed by atoms with E-state index in [-0.39, 0.29) is 6.79 Å². The van der Waals surface area contributed by atoms with Gasteiger partial charge in [0, 0.05) is 6.07 Å². The zero-order valence-corrected chi connectivity index (χ0v) is 11.3. The van der Waals surface area contributed by atoms with Crippen molar-refractivity contribution >= 4 is 12.4 Å². The van der Waals surface area contributed by atoms with E-state index in [1.165, 1.54) is 0 Å². The number of carbonyl (C=O) groups is 1. The second kappa shape index (κ2) is 6.13. The van der Waals surface area contributed by atoms with E-state index in [0.29, 0.717) is 29.4 Å². The second-order valence-electron chi connectivity index (χ2n) is 4.49. The lowest BCUT2D eigenvalue weighted by atomic mass is 10.2. The van der Waals surface area contributed by atoms with Crippen LogP contribution in [0.2, 0.25) is 0 Å². The Balaban J connectivity index is 1.68. The van der Waals surface area contributed by atoms with Crippen molar-refractivity contribution in [2.45, 2.75) is 0 Å². The molecule has 0 atom stereocenters. The van der Waals surface area contributed by atoms with Crippen molar-refractivity contribution in [1.82, 2.24) is 0 Å². The van der Waals surface area contributed by atoms with Gasteiger partial charge in [-0.25, -0.2) is 0 Å². The van der Waals surface area contributed by atoms with Gasteiger partial charge in [-0.3, -0.25) is 4.79 Å². The normalized spacial score (nSPS) is 12.6. The van der Waals surface area contributed by atoms with E-state index >= 15 is 0 Å². The van der Waals surface area contributed by atoms with Crippen LogP contribution in [0.4, 0.5) is 0 Å². The molecule has 106 valence electrons. The van der Waals surface area contributed by atoms with Gasteiger partial charge >= 0.3 is 0 Å². The summed E-state index contributed by atoms with van der Waals surface area (Å²) in [4.78, 5) is 11.1. The summed E-state index contributed by atoms with van der Waals surface area (Å²) in [5.41, 5.74) is 1.55. The highest BCUT2D eigenvalue weighted by atomic mass is 16.7. The summed E-state index contributed by atoms with van der Waals surface area (Å²) in [5, 5.41) is 0. The van der Waals surface area contributed by atoms with E-state index in [9.17, 15) is 4.79 Å². The molecule has 0 saturated carbocycles. The number of hydrogen-bond donors (Lipinski definition) is 0. The summed E-state index contributed by atoms with van der Waals surface area (Å²) in [7, 11) is 0. The van der Waals surface area contributed by atoms with Gasteiger partial charge in [-0.1, -0.05) is 36.4 Å². The SMILES string of the molecule is O=Cc1cc2c(cc1OCC=Cc1ccccc1)OCO2. The van der Waals surface area contributed by atoms with Gasteiger partial charge in [-0.2, -0.15) is 0 Å². The molecular weight excluding hydrogens is 268 g/mol. The van der Waals surface area contributed by atoms with E-state index in [0.717, 1.165) is 11.8 Å². The van der Waals surface area contributed by atoms with Crippen LogP contribution in [0.15, 0.2) is 48.5 Å². The first kappa shape index (κ1) is 13.2. The highest BCUT2D eigenvalue weighted by molar-refractivity contribution is 5.81. The number of hydrogen-bond acceptors (Lipinski definition) is 4. The van der Waals surface area contributed by atoms with E-state index in [1.807, 2.05) is 42.5 Å². The van der Waals surface area contributed by atoms with Crippen molar-refractivity contribution in [2.75, 3.05) is 13.4 Å². The minimum atomic E-state index is 0.172. The van der Waals surface area contributed by atoms with Crippen molar-refractivity contribution in [1.29, 1.82) is 0 Å². The van der Waals surface area contributed by atoms with E-state index in [2.05, 4.69) is 0 Å². The number of aldehydes is 1. The summed E-state index contributed by atoms with van der Waals surface area (Å²) in [6.45, 7) is 0.542. The molecule has 0 N–H and O–H groups in total. The molecule has 1 aliphatic heterocycles. The van der Waals surface area contributed by atoms with Crippen LogP contribution in [-0.4, -0.2) is 19.7 Å². The van der Waals surface area contributed by atoms with Crippen molar-refractivity contribution < 1.29 is 19.0 Å². The molecule has 2 aromatic rings. The Labute approximate surface area is 122 Å². The molecular formula is C17H14O4. The van der Waals surface area contributed by atoms with Gasteiger partial charge in [0.25, 0.3) is 0 Å². The molecule has 1 heterocycles. The average Bonchev–Trinajstić information content (AvgIpc) is 2.99. The summed E-state index contributed by atoms with van der Waals surface area (Å²) in [6.07, 6.45) is 4.61. The summed E-state index contributed by atoms with van der Waals surface area (Å²) in [6, 6.07) is 13.2. The fourth-order valence-corrected chi connectivity index (χ4v) is 2.04. The van der Waals surface area contributed by atoms with Crippen molar-refractivity contribution in [3.63, 3.8) is 0 Å². The average molecular weight is 282 g/mol. The van der Waals surface area contributed by atoms with Gasteiger partial charge in [0.1, 0.15) is 12.4 Å². The predicted molar refractivity (Wildman–Crippen MR) is 78.9 cm³/mol. The van der Waals surface area contributed by atoms with Crippen molar-refractivity contribution in [3.05, 3.63) is 59.7 Å². The molecule has 0 fully saturated rings. The number of fused-ring (bicyclic) bond motifs is 1. The molecule has 3 rings (SSSR count). The Kier molecular flexibility index (Phi) is 3.87. The van der Waals surface area contributed by atoms with Crippen LogP contribution >= 0.6 is 0 Å². The molecule has 0 radical (unpaired) electrons. The van der Waals surface area contributed by atoms with Gasteiger partial charge in [-0.15, -0.1) is 0 Å². The first-order chi connectivity index (χ1) is 10.4. The van der Waals surface area contributed by atoms with Crippen LogP contribution < -0.4 is 14.2 Å². The molecule has 2 aromatic carbocycles. The lowest BCUT2D eigenvalue weighted by Gasteiger charge is -2.07.